The average molecular weight is 319 g/mol. The smallest absolute Gasteiger partial charge is 0.341 e. The summed E-state index contributed by atoms with van der Waals surface area (Å²) in [6.07, 6.45) is 4.34. The standard InChI is InChI=1S/C18H25NO4/c1-3-6-13(2)16-9-5-10-19(16)18(22)14-7-4-8-15(11-14)23-12-17(20)21/h4,7-8,11,13,16H,3,5-6,9-10,12H2,1-2H3,(H,20,21). The van der Waals surface area contributed by atoms with Crippen molar-refractivity contribution in [3.63, 3.8) is 0 Å². The highest BCUT2D eigenvalue weighted by Gasteiger charge is 2.32. The molecule has 1 heterocycles. The van der Waals surface area contributed by atoms with Crippen molar-refractivity contribution in [3.8, 4) is 5.75 Å². The summed E-state index contributed by atoms with van der Waals surface area (Å²) in [5, 5.41) is 8.67. The Bertz CT molecular complexity index is 558. The predicted molar refractivity (Wildman–Crippen MR) is 87.7 cm³/mol. The maximum absolute atomic E-state index is 12.8. The summed E-state index contributed by atoms with van der Waals surface area (Å²) in [5.41, 5.74) is 0.559. The van der Waals surface area contributed by atoms with Gasteiger partial charge >= 0.3 is 5.97 Å². The lowest BCUT2D eigenvalue weighted by Gasteiger charge is -2.29. The molecular formula is C18H25NO4. The summed E-state index contributed by atoms with van der Waals surface area (Å²) < 4.78 is 5.16. The van der Waals surface area contributed by atoms with Crippen LogP contribution in [0, 0.1) is 5.92 Å². The van der Waals surface area contributed by atoms with Gasteiger partial charge in [-0.25, -0.2) is 4.79 Å². The normalized spacial score (nSPS) is 18.7. The van der Waals surface area contributed by atoms with E-state index in [1.54, 1.807) is 24.3 Å². The second-order valence-electron chi connectivity index (χ2n) is 6.18. The van der Waals surface area contributed by atoms with Crippen LogP contribution in [0.3, 0.4) is 0 Å². The maximum atomic E-state index is 12.8. The minimum atomic E-state index is -1.03. The lowest BCUT2D eigenvalue weighted by atomic mass is 9.94. The first-order valence-corrected chi connectivity index (χ1v) is 8.28. The molecule has 1 saturated heterocycles. The van der Waals surface area contributed by atoms with Crippen LogP contribution in [0.4, 0.5) is 0 Å². The van der Waals surface area contributed by atoms with E-state index in [-0.39, 0.29) is 5.91 Å². The van der Waals surface area contributed by atoms with E-state index in [0.717, 1.165) is 32.2 Å². The topological polar surface area (TPSA) is 66.8 Å². The summed E-state index contributed by atoms with van der Waals surface area (Å²) in [6.45, 7) is 4.77. The molecule has 0 radical (unpaired) electrons. The van der Waals surface area contributed by atoms with Gasteiger partial charge in [0.05, 0.1) is 0 Å². The number of ether oxygens (including phenoxy) is 1. The molecule has 5 nitrogen and oxygen atoms in total. The Kier molecular flexibility index (Phi) is 6.02. The zero-order valence-electron chi connectivity index (χ0n) is 13.8. The number of likely N-dealkylation sites (tertiary alicyclic amines) is 1. The third kappa shape index (κ3) is 4.47. The molecule has 0 spiro atoms. The first kappa shape index (κ1) is 17.3. The molecule has 1 amide bonds. The monoisotopic (exact) mass is 319 g/mol. The van der Waals surface area contributed by atoms with Crippen LogP contribution in [0.1, 0.15) is 49.9 Å². The van der Waals surface area contributed by atoms with Gasteiger partial charge in [0, 0.05) is 18.2 Å². The summed E-state index contributed by atoms with van der Waals surface area (Å²) in [4.78, 5) is 25.4. The lowest BCUT2D eigenvalue weighted by molar-refractivity contribution is -0.139. The van der Waals surface area contributed by atoms with Crippen LogP contribution in [0.25, 0.3) is 0 Å². The lowest BCUT2D eigenvalue weighted by Crippen LogP contribution is -2.39. The number of rotatable bonds is 7. The molecule has 0 saturated carbocycles. The van der Waals surface area contributed by atoms with E-state index >= 15 is 0 Å². The van der Waals surface area contributed by atoms with E-state index < -0.39 is 12.6 Å². The fourth-order valence-corrected chi connectivity index (χ4v) is 3.31. The Morgan fingerprint density at radius 1 is 1.43 bits per heavy atom. The van der Waals surface area contributed by atoms with Crippen molar-refractivity contribution in [1.29, 1.82) is 0 Å². The second kappa shape index (κ2) is 7.99. The molecule has 1 aromatic carbocycles. The van der Waals surface area contributed by atoms with Crippen LogP contribution in [0.5, 0.6) is 5.75 Å². The molecule has 126 valence electrons. The fourth-order valence-electron chi connectivity index (χ4n) is 3.31. The molecule has 23 heavy (non-hydrogen) atoms. The Balaban J connectivity index is 2.09. The molecule has 0 bridgehead atoms. The molecule has 1 fully saturated rings. The van der Waals surface area contributed by atoms with Gasteiger partial charge in [0.1, 0.15) is 5.75 Å². The number of carbonyl (C=O) groups excluding carboxylic acids is 1. The summed E-state index contributed by atoms with van der Waals surface area (Å²) in [5.74, 6) is -0.112. The molecule has 1 aromatic rings. The largest absolute Gasteiger partial charge is 0.482 e. The van der Waals surface area contributed by atoms with Crippen LogP contribution in [-0.2, 0) is 4.79 Å². The van der Waals surface area contributed by atoms with Crippen molar-refractivity contribution in [2.24, 2.45) is 5.92 Å². The molecular weight excluding hydrogens is 294 g/mol. The van der Waals surface area contributed by atoms with Crippen molar-refractivity contribution in [1.82, 2.24) is 4.90 Å². The van der Waals surface area contributed by atoms with Gasteiger partial charge in [-0.15, -0.1) is 0 Å². The molecule has 0 aliphatic carbocycles. The number of nitrogens with zero attached hydrogens (tertiary/aromatic N) is 1. The number of aliphatic carboxylic acids is 1. The summed E-state index contributed by atoms with van der Waals surface area (Å²) in [6, 6.07) is 7.08. The number of carbonyl (C=O) groups is 2. The van der Waals surface area contributed by atoms with Crippen LogP contribution in [-0.4, -0.2) is 41.1 Å². The minimum absolute atomic E-state index is 0.0104. The number of hydrogen-bond donors (Lipinski definition) is 1. The Morgan fingerprint density at radius 3 is 2.91 bits per heavy atom. The average Bonchev–Trinajstić information content (AvgIpc) is 3.02. The van der Waals surface area contributed by atoms with E-state index in [9.17, 15) is 9.59 Å². The van der Waals surface area contributed by atoms with Gasteiger partial charge in [0.25, 0.3) is 5.91 Å². The van der Waals surface area contributed by atoms with Crippen LogP contribution in [0.15, 0.2) is 24.3 Å². The number of carboxylic acid groups (broad SMARTS) is 1. The van der Waals surface area contributed by atoms with Gasteiger partial charge in [-0.1, -0.05) is 26.3 Å². The van der Waals surface area contributed by atoms with Gasteiger partial charge in [0.15, 0.2) is 6.61 Å². The highest BCUT2D eigenvalue weighted by molar-refractivity contribution is 5.95. The van der Waals surface area contributed by atoms with Crippen LogP contribution in [0.2, 0.25) is 0 Å². The molecule has 1 N–H and O–H groups in total. The quantitative estimate of drug-likeness (QED) is 0.838. The second-order valence-corrected chi connectivity index (χ2v) is 6.18. The first-order chi connectivity index (χ1) is 11.0. The SMILES string of the molecule is CCCC(C)C1CCCN1C(=O)c1cccc(OCC(=O)O)c1. The summed E-state index contributed by atoms with van der Waals surface area (Å²) >= 11 is 0. The molecule has 5 heteroatoms. The maximum Gasteiger partial charge on any atom is 0.341 e. The third-order valence-electron chi connectivity index (χ3n) is 4.40. The predicted octanol–water partition coefficient (Wildman–Crippen LogP) is 3.19. The Hall–Kier alpha value is -2.04. The van der Waals surface area contributed by atoms with Crippen LogP contribution >= 0.6 is 0 Å². The molecule has 2 atom stereocenters. The van der Waals surface area contributed by atoms with Gasteiger partial charge in [-0.05, 0) is 43.4 Å². The van der Waals surface area contributed by atoms with Crippen LogP contribution < -0.4 is 4.74 Å². The first-order valence-electron chi connectivity index (χ1n) is 8.28. The van der Waals surface area contributed by atoms with Crippen molar-refractivity contribution in [3.05, 3.63) is 29.8 Å². The third-order valence-corrected chi connectivity index (χ3v) is 4.40. The van der Waals surface area contributed by atoms with Gasteiger partial charge in [0.2, 0.25) is 0 Å². The highest BCUT2D eigenvalue weighted by atomic mass is 16.5. The highest BCUT2D eigenvalue weighted by Crippen LogP contribution is 2.28. The number of hydrogen-bond acceptors (Lipinski definition) is 3. The molecule has 2 unspecified atom stereocenters. The Morgan fingerprint density at radius 2 is 2.22 bits per heavy atom. The minimum Gasteiger partial charge on any atom is -0.482 e. The van der Waals surface area contributed by atoms with Gasteiger partial charge in [-0.2, -0.15) is 0 Å². The number of amides is 1. The van der Waals surface area contributed by atoms with Crippen molar-refractivity contribution in [2.75, 3.05) is 13.2 Å². The van der Waals surface area contributed by atoms with E-state index in [2.05, 4.69) is 13.8 Å². The summed E-state index contributed by atoms with van der Waals surface area (Å²) in [7, 11) is 0. The van der Waals surface area contributed by atoms with Crippen molar-refractivity contribution in [2.45, 2.75) is 45.6 Å². The number of carboxylic acids is 1. The number of benzene rings is 1. The van der Waals surface area contributed by atoms with E-state index in [0.29, 0.717) is 23.3 Å². The zero-order valence-corrected chi connectivity index (χ0v) is 13.8. The zero-order chi connectivity index (χ0) is 16.8. The molecule has 1 aliphatic heterocycles. The van der Waals surface area contributed by atoms with Crippen molar-refractivity contribution < 1.29 is 19.4 Å². The fraction of sp³-hybridized carbons (Fsp3) is 0.556. The molecule has 1 aliphatic rings. The van der Waals surface area contributed by atoms with E-state index in [1.807, 2.05) is 4.90 Å². The van der Waals surface area contributed by atoms with E-state index in [1.165, 1.54) is 0 Å². The van der Waals surface area contributed by atoms with Crippen molar-refractivity contribution >= 4 is 11.9 Å². The van der Waals surface area contributed by atoms with Gasteiger partial charge in [-0.3, -0.25) is 4.79 Å². The Labute approximate surface area is 137 Å². The molecule has 2 rings (SSSR count). The van der Waals surface area contributed by atoms with E-state index in [4.69, 9.17) is 9.84 Å². The molecule has 0 aromatic heterocycles. The van der Waals surface area contributed by atoms with Gasteiger partial charge < -0.3 is 14.7 Å².